The Morgan fingerprint density at radius 2 is 2.04 bits per heavy atom. The molecule has 128 valence electrons. The van der Waals surface area contributed by atoms with Gasteiger partial charge in [0, 0.05) is 32.1 Å². The van der Waals surface area contributed by atoms with Crippen LogP contribution in [0.2, 0.25) is 6.82 Å². The Labute approximate surface area is 143 Å². The first-order valence-electron chi connectivity index (χ1n) is 7.80. The second-order valence-corrected chi connectivity index (χ2v) is 7.68. The molecular weight excluding hydrogens is 313 g/mol. The van der Waals surface area contributed by atoms with E-state index in [0.29, 0.717) is 5.57 Å². The van der Waals surface area contributed by atoms with Gasteiger partial charge < -0.3 is 24.2 Å². The summed E-state index contributed by atoms with van der Waals surface area (Å²) in [7, 11) is 3.08. The number of rotatable bonds is 5. The van der Waals surface area contributed by atoms with Crippen LogP contribution in [-0.2, 0) is 9.47 Å². The van der Waals surface area contributed by atoms with Crippen molar-refractivity contribution >= 4 is 18.8 Å². The summed E-state index contributed by atoms with van der Waals surface area (Å²) >= 11 is 1.70. The molecule has 0 saturated carbocycles. The minimum absolute atomic E-state index is 0.000636. The van der Waals surface area contributed by atoms with Gasteiger partial charge in [0.2, 0.25) is 0 Å². The Balaban J connectivity index is 2.45. The predicted molar refractivity (Wildman–Crippen MR) is 92.8 cm³/mol. The highest BCUT2D eigenvalue weighted by molar-refractivity contribution is 7.98. The van der Waals surface area contributed by atoms with Crippen LogP contribution < -0.4 is 0 Å². The number of nitriles is 1. The van der Waals surface area contributed by atoms with Crippen LogP contribution in [-0.4, -0.2) is 78.0 Å². The highest BCUT2D eigenvalue weighted by atomic mass is 32.2. The quantitative estimate of drug-likeness (QED) is 0.592. The molecule has 2 fully saturated rings. The fourth-order valence-electron chi connectivity index (χ4n) is 3.55. The van der Waals surface area contributed by atoms with Gasteiger partial charge in [0.25, 0.3) is 0 Å². The van der Waals surface area contributed by atoms with Gasteiger partial charge in [-0.25, -0.2) is 0 Å². The van der Waals surface area contributed by atoms with Gasteiger partial charge in [-0.05, 0) is 26.9 Å². The third kappa shape index (κ3) is 3.70. The molecule has 8 heteroatoms. The van der Waals surface area contributed by atoms with Crippen molar-refractivity contribution in [1.29, 1.82) is 5.26 Å². The second kappa shape index (κ2) is 7.03. The summed E-state index contributed by atoms with van der Waals surface area (Å²) < 4.78 is 12.2. The zero-order valence-corrected chi connectivity index (χ0v) is 15.5. The molecule has 0 aromatic rings. The van der Waals surface area contributed by atoms with E-state index in [-0.39, 0.29) is 24.3 Å². The molecule has 0 bridgehead atoms. The van der Waals surface area contributed by atoms with E-state index in [4.69, 9.17) is 9.47 Å². The lowest BCUT2D eigenvalue weighted by atomic mass is 9.81. The molecule has 2 rings (SSSR count). The Bertz CT molecular complexity index is 507. The highest BCUT2D eigenvalue weighted by Crippen LogP contribution is 2.43. The van der Waals surface area contributed by atoms with Crippen molar-refractivity contribution in [3.63, 3.8) is 0 Å². The Morgan fingerprint density at radius 1 is 1.43 bits per heavy atom. The summed E-state index contributed by atoms with van der Waals surface area (Å²) in [5, 5.41) is 20.0. The topological polar surface area (TPSA) is 69.0 Å². The van der Waals surface area contributed by atoms with Crippen LogP contribution in [0.15, 0.2) is 11.8 Å². The van der Waals surface area contributed by atoms with Gasteiger partial charge in [0.05, 0.1) is 17.7 Å². The van der Waals surface area contributed by atoms with E-state index < -0.39 is 12.8 Å². The van der Waals surface area contributed by atoms with Crippen molar-refractivity contribution in [2.45, 2.75) is 50.7 Å². The summed E-state index contributed by atoms with van der Waals surface area (Å²) in [6.45, 7) is 5.52. The third-order valence-electron chi connectivity index (χ3n) is 4.17. The van der Waals surface area contributed by atoms with Crippen molar-refractivity contribution in [1.82, 2.24) is 9.71 Å². The first-order chi connectivity index (χ1) is 10.7. The molecule has 0 unspecified atom stereocenters. The number of hydrogen-bond acceptors (Lipinski definition) is 7. The molecule has 0 aromatic heterocycles. The minimum Gasteiger partial charge on any atom is -0.437 e. The summed E-state index contributed by atoms with van der Waals surface area (Å²) in [6, 6.07) is 1.97. The van der Waals surface area contributed by atoms with E-state index in [1.54, 1.807) is 24.8 Å². The molecule has 0 radical (unpaired) electrons. The van der Waals surface area contributed by atoms with E-state index >= 15 is 0 Å². The molecule has 23 heavy (non-hydrogen) atoms. The van der Waals surface area contributed by atoms with Gasteiger partial charge in [-0.2, -0.15) is 17.0 Å². The summed E-state index contributed by atoms with van der Waals surface area (Å²) in [5.74, 6) is 0.135. The van der Waals surface area contributed by atoms with Crippen molar-refractivity contribution in [2.75, 3.05) is 26.1 Å². The fourth-order valence-corrected chi connectivity index (χ4v) is 4.26. The van der Waals surface area contributed by atoms with Crippen LogP contribution in [0.25, 0.3) is 0 Å². The Kier molecular flexibility index (Phi) is 5.70. The lowest BCUT2D eigenvalue weighted by molar-refractivity contribution is -0.160. The fraction of sp³-hybridized carbons (Fsp3) is 0.800. The van der Waals surface area contributed by atoms with E-state index in [2.05, 4.69) is 6.07 Å². The molecule has 2 heterocycles. The van der Waals surface area contributed by atoms with Crippen LogP contribution in [0.5, 0.6) is 0 Å². The van der Waals surface area contributed by atoms with Crippen LogP contribution in [0.1, 0.15) is 13.8 Å². The van der Waals surface area contributed by atoms with Crippen LogP contribution in [0.3, 0.4) is 0 Å². The molecule has 6 nitrogen and oxygen atoms in total. The highest BCUT2D eigenvalue weighted by Gasteiger charge is 2.59. The smallest absolute Gasteiger partial charge is 0.377 e. The molecule has 1 N–H and O–H groups in total. The van der Waals surface area contributed by atoms with Gasteiger partial charge in [-0.1, -0.05) is 0 Å². The Morgan fingerprint density at radius 3 is 2.52 bits per heavy atom. The summed E-state index contributed by atoms with van der Waals surface area (Å²) in [6.07, 6.45) is 3.41. The van der Waals surface area contributed by atoms with Crippen LogP contribution >= 0.6 is 11.8 Å². The lowest BCUT2D eigenvalue weighted by Crippen LogP contribution is -2.51. The maximum Gasteiger partial charge on any atom is 0.377 e. The Hall–Kier alpha value is -0.715. The summed E-state index contributed by atoms with van der Waals surface area (Å²) in [5.41, 5.74) is 0.579. The van der Waals surface area contributed by atoms with Crippen molar-refractivity contribution in [3.05, 3.63) is 11.8 Å². The SMILES string of the molecule is CSC[C@@H]1[C@H]2OC(C)(C)O[C@H]2[C@H](C(C#N)=CN(C)C)N1B(C)O. The van der Waals surface area contributed by atoms with Gasteiger partial charge in [-0.3, -0.25) is 0 Å². The third-order valence-corrected chi connectivity index (χ3v) is 4.85. The van der Waals surface area contributed by atoms with Gasteiger partial charge in [0.15, 0.2) is 5.79 Å². The molecule has 0 amide bonds. The number of ether oxygens (including phenoxy) is 2. The average Bonchev–Trinajstić information content (AvgIpc) is 2.88. The normalized spacial score (nSPS) is 33.4. The second-order valence-electron chi connectivity index (χ2n) is 6.77. The van der Waals surface area contributed by atoms with Crippen LogP contribution in [0, 0.1) is 11.3 Å². The van der Waals surface area contributed by atoms with Gasteiger partial charge in [-0.15, -0.1) is 0 Å². The maximum absolute atomic E-state index is 10.3. The molecule has 0 aliphatic carbocycles. The van der Waals surface area contributed by atoms with Gasteiger partial charge in [0.1, 0.15) is 12.2 Å². The monoisotopic (exact) mass is 339 g/mol. The average molecular weight is 339 g/mol. The first kappa shape index (κ1) is 18.6. The first-order valence-corrected chi connectivity index (χ1v) is 9.19. The number of hydrogen-bond donors (Lipinski definition) is 1. The molecule has 0 aromatic carbocycles. The standard InChI is InChI=1S/C15H26BN3O3S/c1-15(2)21-13-11(9-23-6)19(16(3)20)12(14(13)22-15)10(7-17)8-18(4)5/h8,11-14,20H,9H2,1-6H3/t11-,12+,13-,14+/m1/s1. The largest absolute Gasteiger partial charge is 0.437 e. The van der Waals surface area contributed by atoms with Crippen LogP contribution in [0.4, 0.5) is 0 Å². The zero-order chi connectivity index (χ0) is 17.4. The minimum atomic E-state index is -0.683. The molecular formula is C15H26BN3O3S. The van der Waals surface area contributed by atoms with Gasteiger partial charge >= 0.3 is 7.05 Å². The molecule has 2 saturated heterocycles. The summed E-state index contributed by atoms with van der Waals surface area (Å²) in [4.78, 5) is 3.80. The molecule has 0 spiro atoms. The molecule has 2 aliphatic rings. The maximum atomic E-state index is 10.3. The van der Waals surface area contributed by atoms with E-state index in [9.17, 15) is 10.3 Å². The number of thioether (sulfide) groups is 1. The zero-order valence-electron chi connectivity index (χ0n) is 14.7. The van der Waals surface area contributed by atoms with E-state index in [0.717, 1.165) is 5.75 Å². The van der Waals surface area contributed by atoms with E-state index in [1.807, 2.05) is 43.9 Å². The molecule has 2 aliphatic heterocycles. The molecule has 4 atom stereocenters. The van der Waals surface area contributed by atoms with Crippen molar-refractivity contribution < 1.29 is 14.5 Å². The predicted octanol–water partition coefficient (Wildman–Crippen LogP) is 1.00. The van der Waals surface area contributed by atoms with E-state index in [1.165, 1.54) is 0 Å². The van der Waals surface area contributed by atoms with Crippen molar-refractivity contribution in [3.8, 4) is 6.07 Å². The number of nitrogens with zero attached hydrogens (tertiary/aromatic N) is 3. The van der Waals surface area contributed by atoms with Crippen molar-refractivity contribution in [2.24, 2.45) is 0 Å². The number of fused-ring (bicyclic) bond motifs is 1. The lowest BCUT2D eigenvalue weighted by Gasteiger charge is -2.34.